The molecule has 2 saturated carbocycles. The molecule has 4 nitrogen and oxygen atoms in total. The van der Waals surface area contributed by atoms with E-state index in [0.717, 1.165) is 32.6 Å². The number of nitrogens with zero attached hydrogens (tertiary/aromatic N) is 1. The summed E-state index contributed by atoms with van der Waals surface area (Å²) in [6, 6.07) is 0. The minimum Gasteiger partial charge on any atom is -0.381 e. The zero-order valence-corrected chi connectivity index (χ0v) is 12.4. The van der Waals surface area contributed by atoms with Crippen LogP contribution in [0.3, 0.4) is 0 Å². The van der Waals surface area contributed by atoms with Crippen molar-refractivity contribution in [3.8, 4) is 0 Å². The van der Waals surface area contributed by atoms with E-state index in [9.17, 15) is 4.79 Å². The highest BCUT2D eigenvalue weighted by molar-refractivity contribution is 5.83. The smallest absolute Gasteiger partial charge is 0.226 e. The minimum absolute atomic E-state index is 0.336. The van der Waals surface area contributed by atoms with Gasteiger partial charge < -0.3 is 15.0 Å². The highest BCUT2D eigenvalue weighted by Crippen LogP contribution is 2.59. The van der Waals surface area contributed by atoms with Gasteiger partial charge in [-0.3, -0.25) is 4.79 Å². The van der Waals surface area contributed by atoms with Gasteiger partial charge in [-0.2, -0.15) is 0 Å². The van der Waals surface area contributed by atoms with Crippen molar-refractivity contribution in [3.05, 3.63) is 0 Å². The summed E-state index contributed by atoms with van der Waals surface area (Å²) in [6.45, 7) is 4.08. The zero-order chi connectivity index (χ0) is 13.7. The van der Waals surface area contributed by atoms with E-state index in [1.165, 1.54) is 25.7 Å². The van der Waals surface area contributed by atoms with E-state index in [1.54, 1.807) is 0 Å². The SMILES string of the molecule is COC1[C@@H]2CC[C@H]1CN(C(=O)[C@@H]1CC13CCNCC3)C2. The Morgan fingerprint density at radius 3 is 2.45 bits per heavy atom. The van der Waals surface area contributed by atoms with Crippen LogP contribution in [0.1, 0.15) is 32.1 Å². The first kappa shape index (κ1) is 13.1. The molecule has 4 rings (SSSR count). The van der Waals surface area contributed by atoms with E-state index in [1.807, 2.05) is 7.11 Å². The van der Waals surface area contributed by atoms with E-state index in [0.29, 0.717) is 35.2 Å². The molecule has 0 aromatic rings. The number of fused-ring (bicyclic) bond motifs is 2. The van der Waals surface area contributed by atoms with Crippen LogP contribution in [0.5, 0.6) is 0 Å². The topological polar surface area (TPSA) is 41.6 Å². The first-order valence-corrected chi connectivity index (χ1v) is 8.26. The second kappa shape index (κ2) is 4.70. The van der Waals surface area contributed by atoms with Crippen molar-refractivity contribution < 1.29 is 9.53 Å². The van der Waals surface area contributed by atoms with Crippen LogP contribution in [-0.2, 0) is 9.53 Å². The van der Waals surface area contributed by atoms with Crippen LogP contribution >= 0.6 is 0 Å². The predicted octanol–water partition coefficient (Wildman–Crippen LogP) is 1.26. The average Bonchev–Trinajstić information content (AvgIpc) is 3.10. The van der Waals surface area contributed by atoms with E-state index < -0.39 is 0 Å². The number of carbonyl (C=O) groups excluding carboxylic acids is 1. The van der Waals surface area contributed by atoms with Crippen molar-refractivity contribution in [3.63, 3.8) is 0 Å². The van der Waals surface area contributed by atoms with Gasteiger partial charge in [-0.1, -0.05) is 0 Å². The van der Waals surface area contributed by atoms with Gasteiger partial charge in [0.25, 0.3) is 0 Å². The summed E-state index contributed by atoms with van der Waals surface area (Å²) in [5, 5.41) is 3.42. The summed E-state index contributed by atoms with van der Waals surface area (Å²) >= 11 is 0. The lowest BCUT2D eigenvalue weighted by Crippen LogP contribution is -2.49. The molecular formula is C16H26N2O2. The third kappa shape index (κ3) is 1.92. The van der Waals surface area contributed by atoms with Gasteiger partial charge in [0, 0.05) is 38.0 Å². The summed E-state index contributed by atoms with van der Waals surface area (Å²) in [6.07, 6.45) is 6.44. The molecule has 1 N–H and O–H groups in total. The summed E-state index contributed by atoms with van der Waals surface area (Å²) in [5.74, 6) is 1.97. The second-order valence-corrected chi connectivity index (χ2v) is 7.41. The summed E-state index contributed by atoms with van der Waals surface area (Å²) in [4.78, 5) is 15.0. The Kier molecular flexibility index (Phi) is 3.08. The van der Waals surface area contributed by atoms with Gasteiger partial charge in [0.2, 0.25) is 5.91 Å². The first-order chi connectivity index (χ1) is 9.73. The quantitative estimate of drug-likeness (QED) is 0.827. The zero-order valence-electron chi connectivity index (χ0n) is 12.4. The van der Waals surface area contributed by atoms with Crippen molar-refractivity contribution >= 4 is 5.91 Å². The van der Waals surface area contributed by atoms with E-state index >= 15 is 0 Å². The highest BCUT2D eigenvalue weighted by atomic mass is 16.5. The molecule has 4 fully saturated rings. The monoisotopic (exact) mass is 278 g/mol. The fourth-order valence-electron chi connectivity index (χ4n) is 5.13. The van der Waals surface area contributed by atoms with Gasteiger partial charge in [-0.05, 0) is 50.6 Å². The van der Waals surface area contributed by atoms with Crippen molar-refractivity contribution in [2.75, 3.05) is 33.3 Å². The maximum atomic E-state index is 12.8. The van der Waals surface area contributed by atoms with E-state index in [2.05, 4.69) is 10.2 Å². The highest BCUT2D eigenvalue weighted by Gasteiger charge is 2.59. The Morgan fingerprint density at radius 2 is 1.85 bits per heavy atom. The number of hydrogen-bond acceptors (Lipinski definition) is 3. The molecule has 1 amide bonds. The van der Waals surface area contributed by atoms with Gasteiger partial charge in [-0.25, -0.2) is 0 Å². The maximum absolute atomic E-state index is 12.8. The summed E-state index contributed by atoms with van der Waals surface area (Å²) in [7, 11) is 1.83. The molecule has 4 heteroatoms. The number of likely N-dealkylation sites (tertiary alicyclic amines) is 1. The standard InChI is InChI=1S/C16H26N2O2/c1-20-14-11-2-3-12(14)10-18(9-11)15(19)13-8-16(13)4-6-17-7-5-16/h11-14,17H,2-10H2,1H3/t11-,12+,13-,14?/m0/s1. The van der Waals surface area contributed by atoms with Gasteiger partial charge in [0.15, 0.2) is 0 Å². The Balaban J connectivity index is 1.41. The Morgan fingerprint density at radius 1 is 1.20 bits per heavy atom. The van der Waals surface area contributed by atoms with Crippen LogP contribution in [0.15, 0.2) is 0 Å². The number of amides is 1. The largest absolute Gasteiger partial charge is 0.381 e. The third-order valence-electron chi connectivity index (χ3n) is 6.42. The predicted molar refractivity (Wildman–Crippen MR) is 76.2 cm³/mol. The molecule has 0 radical (unpaired) electrons. The van der Waals surface area contributed by atoms with Gasteiger partial charge in [0.1, 0.15) is 0 Å². The van der Waals surface area contributed by atoms with Crippen molar-refractivity contribution in [2.24, 2.45) is 23.2 Å². The normalized spacial score (nSPS) is 42.0. The van der Waals surface area contributed by atoms with Gasteiger partial charge in [-0.15, -0.1) is 0 Å². The van der Waals surface area contributed by atoms with Crippen LogP contribution < -0.4 is 5.32 Å². The van der Waals surface area contributed by atoms with Crippen LogP contribution in [0.25, 0.3) is 0 Å². The Bertz CT molecular complexity index is 391. The number of ether oxygens (including phenoxy) is 1. The lowest BCUT2D eigenvalue weighted by molar-refractivity contribution is -0.138. The Hall–Kier alpha value is -0.610. The molecule has 1 unspecified atom stereocenters. The number of carbonyl (C=O) groups is 1. The third-order valence-corrected chi connectivity index (χ3v) is 6.42. The fraction of sp³-hybridized carbons (Fsp3) is 0.938. The molecule has 2 bridgehead atoms. The summed E-state index contributed by atoms with van der Waals surface area (Å²) < 4.78 is 5.65. The number of piperidine rings is 2. The molecule has 4 aliphatic rings. The number of methoxy groups -OCH3 is 1. The lowest BCUT2D eigenvalue weighted by atomic mass is 9.90. The van der Waals surface area contributed by atoms with Crippen LogP contribution in [-0.4, -0.2) is 50.2 Å². The number of hydrogen-bond donors (Lipinski definition) is 1. The first-order valence-electron chi connectivity index (χ1n) is 8.26. The fourth-order valence-corrected chi connectivity index (χ4v) is 5.13. The van der Waals surface area contributed by atoms with Crippen molar-refractivity contribution in [2.45, 2.75) is 38.2 Å². The molecule has 4 atom stereocenters. The second-order valence-electron chi connectivity index (χ2n) is 7.41. The molecule has 112 valence electrons. The Labute approximate surface area is 121 Å². The maximum Gasteiger partial charge on any atom is 0.226 e. The van der Waals surface area contributed by atoms with Gasteiger partial charge in [0.05, 0.1) is 6.10 Å². The summed E-state index contributed by atoms with van der Waals surface area (Å²) in [5.41, 5.74) is 0.374. The van der Waals surface area contributed by atoms with E-state index in [4.69, 9.17) is 4.74 Å². The number of rotatable bonds is 2. The molecular weight excluding hydrogens is 252 g/mol. The lowest BCUT2D eigenvalue weighted by Gasteiger charge is -2.38. The minimum atomic E-state index is 0.336. The van der Waals surface area contributed by atoms with E-state index in [-0.39, 0.29) is 0 Å². The molecule has 2 heterocycles. The molecule has 20 heavy (non-hydrogen) atoms. The van der Waals surface area contributed by atoms with Crippen LogP contribution in [0, 0.1) is 23.2 Å². The van der Waals surface area contributed by atoms with Crippen LogP contribution in [0.2, 0.25) is 0 Å². The van der Waals surface area contributed by atoms with Crippen molar-refractivity contribution in [1.82, 2.24) is 10.2 Å². The molecule has 0 aromatic heterocycles. The van der Waals surface area contributed by atoms with Crippen molar-refractivity contribution in [1.29, 1.82) is 0 Å². The molecule has 2 aliphatic carbocycles. The molecule has 2 aliphatic heterocycles. The molecule has 1 spiro atoms. The van der Waals surface area contributed by atoms with Gasteiger partial charge >= 0.3 is 0 Å². The average molecular weight is 278 g/mol. The molecule has 2 saturated heterocycles. The molecule has 0 aromatic carbocycles. The number of nitrogens with one attached hydrogen (secondary N) is 1. The van der Waals surface area contributed by atoms with Crippen LogP contribution in [0.4, 0.5) is 0 Å².